The molecule has 5 fully saturated rings. The third kappa shape index (κ3) is 9.37. The molecule has 2 aromatic heterocycles. The number of benzene rings is 1. The molecule has 18 heteroatoms. The molecule has 3 aromatic rings. The van der Waals surface area contributed by atoms with Crippen molar-refractivity contribution in [2.45, 2.75) is 76.2 Å². The van der Waals surface area contributed by atoms with Crippen molar-refractivity contribution in [3.05, 3.63) is 76.9 Å². The number of rotatable bonds is 9. The molecule has 0 spiro atoms. The number of carbonyl (C=O) groups excluding carboxylic acids is 4. The van der Waals surface area contributed by atoms with Gasteiger partial charge in [-0.2, -0.15) is 13.2 Å². The second-order valence-electron chi connectivity index (χ2n) is 18.1. The van der Waals surface area contributed by atoms with E-state index in [0.29, 0.717) is 67.9 Å². The number of imide groups is 1. The lowest BCUT2D eigenvalue weighted by Gasteiger charge is -2.44. The van der Waals surface area contributed by atoms with Crippen molar-refractivity contribution in [1.29, 1.82) is 0 Å². The average Bonchev–Trinajstić information content (AvgIpc) is 3.64. The van der Waals surface area contributed by atoms with Crippen molar-refractivity contribution in [3.8, 4) is 0 Å². The van der Waals surface area contributed by atoms with Crippen LogP contribution in [0.1, 0.15) is 72.9 Å². The largest absolute Gasteiger partial charge is 0.409 e. The Hall–Kier alpha value is -5.80. The SMILES string of the molecule is [C-]#[N+]c1ncc(N2CCC(C(=O)Nc3ccc(N4CCC(CN5CCN(C6CCN(c7ccc8c(c7)CN(C7CCC(=O)NC7=O)C8=O)CC6)CC5)CC4)cn3)CC2)cc1C(F)(F)F. The van der Waals surface area contributed by atoms with Gasteiger partial charge in [-0.25, -0.2) is 4.98 Å². The van der Waals surface area contributed by atoms with Gasteiger partial charge in [0.2, 0.25) is 17.7 Å². The zero-order valence-corrected chi connectivity index (χ0v) is 35.9. The van der Waals surface area contributed by atoms with E-state index < -0.39 is 23.6 Å². The number of hydrogen-bond donors (Lipinski definition) is 2. The van der Waals surface area contributed by atoms with Crippen molar-refractivity contribution in [1.82, 2.24) is 30.0 Å². The summed E-state index contributed by atoms with van der Waals surface area (Å²) in [5.74, 6) is -0.802. The van der Waals surface area contributed by atoms with Crippen LogP contribution in [-0.2, 0) is 27.1 Å². The summed E-state index contributed by atoms with van der Waals surface area (Å²) in [6.07, 6.45) is 4.40. The van der Waals surface area contributed by atoms with Crippen molar-refractivity contribution in [2.24, 2.45) is 11.8 Å². The van der Waals surface area contributed by atoms with Gasteiger partial charge in [-0.15, -0.1) is 4.98 Å². The molecule has 2 N–H and O–H groups in total. The number of alkyl halides is 3. The summed E-state index contributed by atoms with van der Waals surface area (Å²) in [4.78, 5) is 75.0. The Morgan fingerprint density at radius 2 is 1.44 bits per heavy atom. The molecule has 338 valence electrons. The van der Waals surface area contributed by atoms with Crippen LogP contribution in [0.5, 0.6) is 0 Å². The number of pyridine rings is 2. The van der Waals surface area contributed by atoms with Gasteiger partial charge in [0, 0.05) is 108 Å². The zero-order valence-electron chi connectivity index (χ0n) is 35.9. The number of halogens is 3. The van der Waals surface area contributed by atoms with E-state index in [4.69, 9.17) is 6.57 Å². The second-order valence-corrected chi connectivity index (χ2v) is 18.1. The molecule has 5 saturated heterocycles. The monoisotopic (exact) mass is 881 g/mol. The first kappa shape index (κ1) is 43.5. The minimum absolute atomic E-state index is 0.139. The van der Waals surface area contributed by atoms with Crippen LogP contribution < -0.4 is 25.3 Å². The Kier molecular flexibility index (Phi) is 12.5. The number of aromatic nitrogens is 2. The predicted octanol–water partition coefficient (Wildman–Crippen LogP) is 5.17. The molecule has 6 aliphatic rings. The highest BCUT2D eigenvalue weighted by atomic mass is 19.4. The molecule has 0 radical (unpaired) electrons. The third-order valence-electron chi connectivity index (χ3n) is 14.2. The number of hydrogen-bond acceptors (Lipinski definition) is 11. The van der Waals surface area contributed by atoms with Gasteiger partial charge in [0.1, 0.15) is 18.1 Å². The second kappa shape index (κ2) is 18.4. The number of carbonyl (C=O) groups is 4. The maximum atomic E-state index is 13.5. The highest BCUT2D eigenvalue weighted by Crippen LogP contribution is 2.38. The van der Waals surface area contributed by atoms with Gasteiger partial charge in [-0.3, -0.25) is 29.4 Å². The fraction of sp³-hybridized carbons (Fsp3) is 0.543. The van der Waals surface area contributed by atoms with E-state index in [0.717, 1.165) is 108 Å². The number of anilines is 4. The smallest absolute Gasteiger partial charge is 0.371 e. The number of fused-ring (bicyclic) bond motifs is 1. The quantitative estimate of drug-likeness (QED) is 0.218. The standard InChI is InChI=1S/C46H54F3N11O4/c1-50-42-38(46(47,48)49)25-36(27-52-42)58-16-10-31(11-17-58)43(62)53-40-6-3-35(26-51-40)57-14-8-30(9-15-57)28-55-20-22-59(23-21-55)33-12-18-56(19-13-33)34-2-4-37-32(24-34)29-60(45(37)64)39-5-7-41(61)54-44(39)63/h2-4,6,24-27,30-31,33,39H,5,7-23,28-29H2,(H,51,53,62)(H,54,61,63). The molecule has 4 amide bonds. The first-order valence-corrected chi connectivity index (χ1v) is 22.6. The Morgan fingerprint density at radius 1 is 0.781 bits per heavy atom. The molecule has 1 unspecified atom stereocenters. The number of piperazine rings is 1. The fourth-order valence-corrected chi connectivity index (χ4v) is 10.5. The minimum atomic E-state index is -4.67. The topological polar surface area (TPSA) is 142 Å². The molecular weight excluding hydrogens is 828 g/mol. The molecule has 6 aliphatic heterocycles. The van der Waals surface area contributed by atoms with Gasteiger partial charge in [-0.1, -0.05) is 6.57 Å². The molecule has 8 heterocycles. The van der Waals surface area contributed by atoms with Gasteiger partial charge < -0.3 is 34.7 Å². The Labute approximate surface area is 370 Å². The maximum absolute atomic E-state index is 13.5. The number of amides is 4. The fourth-order valence-electron chi connectivity index (χ4n) is 10.5. The van der Waals surface area contributed by atoms with Crippen LogP contribution >= 0.6 is 0 Å². The van der Waals surface area contributed by atoms with Gasteiger partial charge in [-0.05, 0) is 92.8 Å². The van der Waals surface area contributed by atoms with E-state index in [9.17, 15) is 32.3 Å². The summed E-state index contributed by atoms with van der Waals surface area (Å²) in [7, 11) is 0. The maximum Gasteiger partial charge on any atom is 0.409 e. The van der Waals surface area contributed by atoms with Crippen molar-refractivity contribution in [2.75, 3.05) is 92.0 Å². The molecule has 1 atom stereocenters. The normalized spacial score (nSPS) is 22.4. The molecule has 15 nitrogen and oxygen atoms in total. The summed E-state index contributed by atoms with van der Waals surface area (Å²) in [5.41, 5.74) is 2.99. The van der Waals surface area contributed by atoms with E-state index >= 15 is 0 Å². The molecular formula is C46H54F3N11O4. The van der Waals surface area contributed by atoms with Crippen molar-refractivity contribution in [3.63, 3.8) is 0 Å². The summed E-state index contributed by atoms with van der Waals surface area (Å²) >= 11 is 0. The van der Waals surface area contributed by atoms with E-state index in [-0.39, 0.29) is 36.0 Å². The lowest BCUT2D eigenvalue weighted by molar-refractivity contribution is -0.138. The van der Waals surface area contributed by atoms with Gasteiger partial charge >= 0.3 is 6.18 Å². The molecule has 0 saturated carbocycles. The van der Waals surface area contributed by atoms with Crippen LogP contribution in [0.3, 0.4) is 0 Å². The van der Waals surface area contributed by atoms with Crippen LogP contribution in [-0.4, -0.2) is 132 Å². The van der Waals surface area contributed by atoms with Gasteiger partial charge in [0.25, 0.3) is 11.7 Å². The van der Waals surface area contributed by atoms with Gasteiger partial charge in [0.05, 0.1) is 23.1 Å². The molecule has 1 aromatic carbocycles. The van der Waals surface area contributed by atoms with Crippen LogP contribution in [0.2, 0.25) is 0 Å². The molecule has 0 aliphatic carbocycles. The zero-order chi connectivity index (χ0) is 44.5. The molecule has 9 rings (SSSR count). The summed E-state index contributed by atoms with van der Waals surface area (Å²) in [5, 5.41) is 5.30. The first-order valence-electron chi connectivity index (χ1n) is 22.6. The van der Waals surface area contributed by atoms with E-state index in [1.165, 1.54) is 6.20 Å². The Balaban J connectivity index is 0.668. The van der Waals surface area contributed by atoms with Crippen LogP contribution in [0.25, 0.3) is 4.85 Å². The molecule has 64 heavy (non-hydrogen) atoms. The predicted molar refractivity (Wildman–Crippen MR) is 234 cm³/mol. The minimum Gasteiger partial charge on any atom is -0.371 e. The van der Waals surface area contributed by atoms with E-state index in [1.54, 1.807) is 9.80 Å². The number of nitrogens with one attached hydrogen (secondary N) is 2. The third-order valence-corrected chi connectivity index (χ3v) is 14.2. The first-order chi connectivity index (χ1) is 30.9. The Morgan fingerprint density at radius 3 is 2.11 bits per heavy atom. The van der Waals surface area contributed by atoms with Crippen molar-refractivity contribution < 1.29 is 32.3 Å². The summed E-state index contributed by atoms with van der Waals surface area (Å²) < 4.78 is 40.4. The number of nitrogens with zero attached hydrogens (tertiary/aromatic N) is 9. The highest BCUT2D eigenvalue weighted by molar-refractivity contribution is 6.05. The van der Waals surface area contributed by atoms with E-state index in [2.05, 4.69) is 51.1 Å². The van der Waals surface area contributed by atoms with Gasteiger partial charge in [0.15, 0.2) is 0 Å². The van der Waals surface area contributed by atoms with Crippen LogP contribution in [0, 0.1) is 18.4 Å². The highest BCUT2D eigenvalue weighted by Gasteiger charge is 2.40. The van der Waals surface area contributed by atoms with Crippen LogP contribution in [0.15, 0.2) is 48.8 Å². The lowest BCUT2D eigenvalue weighted by atomic mass is 9.95. The van der Waals surface area contributed by atoms with Crippen LogP contribution in [0.4, 0.5) is 41.9 Å². The van der Waals surface area contributed by atoms with E-state index in [1.807, 2.05) is 30.5 Å². The summed E-state index contributed by atoms with van der Waals surface area (Å²) in [6, 6.07) is 10.8. The molecule has 0 bridgehead atoms. The van der Waals surface area contributed by atoms with Crippen molar-refractivity contribution >= 4 is 52.3 Å². The summed E-state index contributed by atoms with van der Waals surface area (Å²) in [6.45, 7) is 17.5. The lowest BCUT2D eigenvalue weighted by Crippen LogP contribution is -2.54. The number of piperidine rings is 4. The Bertz CT molecular complexity index is 2270. The average molecular weight is 882 g/mol.